The number of carboxylic acid groups (broad SMARTS) is 4. The normalized spacial score (nSPS) is 10.9. The Labute approximate surface area is 219 Å². The fraction of sp³-hybridized carbons (Fsp3) is 0. The number of nitrogens with one attached hydrogen (secondary N) is 1. The Morgan fingerprint density at radius 2 is 0.949 bits per heavy atom. The molecule has 39 heavy (non-hydrogen) atoms. The van der Waals surface area contributed by atoms with Crippen LogP contribution in [0.4, 0.5) is 0 Å². The minimum atomic E-state index is -1.30. The molecule has 0 saturated carbocycles. The molecule has 0 aliphatic carbocycles. The fourth-order valence-electron chi connectivity index (χ4n) is 4.30. The monoisotopic (exact) mass is 522 g/mol. The number of hydrogen-bond acceptors (Lipinski definition) is 5. The van der Waals surface area contributed by atoms with E-state index in [1.165, 1.54) is 36.4 Å². The average Bonchev–Trinajstić information content (AvgIpc) is 3.38. The van der Waals surface area contributed by atoms with Crippen LogP contribution in [0.3, 0.4) is 0 Å². The van der Waals surface area contributed by atoms with E-state index in [1.807, 2.05) is 0 Å². The molecule has 0 fully saturated rings. The number of carbonyl (C=O) groups is 4. The van der Waals surface area contributed by atoms with Crippen LogP contribution in [0.5, 0.6) is 0 Å². The number of imidazole rings is 1. The van der Waals surface area contributed by atoms with Crippen molar-refractivity contribution in [2.24, 2.45) is 0 Å². The van der Waals surface area contributed by atoms with Gasteiger partial charge in [0.05, 0.1) is 33.3 Å². The molecular formula is C29H18N2O8. The van der Waals surface area contributed by atoms with E-state index in [2.05, 4.69) is 4.98 Å². The zero-order valence-electron chi connectivity index (χ0n) is 19.9. The summed E-state index contributed by atoms with van der Waals surface area (Å²) in [6.45, 7) is 0. The van der Waals surface area contributed by atoms with Crippen molar-refractivity contribution in [2.45, 2.75) is 0 Å². The smallest absolute Gasteiger partial charge is 0.335 e. The molecule has 0 bridgehead atoms. The summed E-state index contributed by atoms with van der Waals surface area (Å²) in [5, 5.41) is 37.5. The van der Waals surface area contributed by atoms with Gasteiger partial charge in [0.25, 0.3) is 0 Å². The maximum atomic E-state index is 11.7. The highest BCUT2D eigenvalue weighted by Gasteiger charge is 2.19. The van der Waals surface area contributed by atoms with Gasteiger partial charge < -0.3 is 25.4 Å². The molecule has 5 aromatic rings. The van der Waals surface area contributed by atoms with Crippen molar-refractivity contribution in [3.63, 3.8) is 0 Å². The number of rotatable bonds is 7. The first-order valence-corrected chi connectivity index (χ1v) is 11.4. The number of hydrogen-bond donors (Lipinski definition) is 5. The van der Waals surface area contributed by atoms with Crippen molar-refractivity contribution in [2.75, 3.05) is 0 Å². The van der Waals surface area contributed by atoms with E-state index in [0.717, 1.165) is 6.07 Å². The predicted octanol–water partition coefficient (Wildman–Crippen LogP) is 5.36. The molecule has 0 spiro atoms. The van der Waals surface area contributed by atoms with E-state index in [0.29, 0.717) is 33.3 Å². The van der Waals surface area contributed by atoms with Crippen molar-refractivity contribution in [1.29, 1.82) is 0 Å². The van der Waals surface area contributed by atoms with Gasteiger partial charge in [0.15, 0.2) is 0 Å². The van der Waals surface area contributed by atoms with E-state index in [9.17, 15) is 39.6 Å². The van der Waals surface area contributed by atoms with Gasteiger partial charge in [0.1, 0.15) is 5.82 Å². The maximum absolute atomic E-state index is 11.7. The lowest BCUT2D eigenvalue weighted by molar-refractivity contribution is 0.0680. The summed E-state index contributed by atoms with van der Waals surface area (Å²) in [6, 6.07) is 19.7. The van der Waals surface area contributed by atoms with Gasteiger partial charge in [-0.3, -0.25) is 0 Å². The van der Waals surface area contributed by atoms with Gasteiger partial charge in [-0.1, -0.05) is 36.4 Å². The molecular weight excluding hydrogens is 504 g/mol. The van der Waals surface area contributed by atoms with Crippen molar-refractivity contribution in [1.82, 2.24) is 9.97 Å². The molecule has 192 valence electrons. The third-order valence-corrected chi connectivity index (χ3v) is 6.23. The summed E-state index contributed by atoms with van der Waals surface area (Å²) < 4.78 is 0. The molecule has 5 N–H and O–H groups in total. The molecule has 10 heteroatoms. The Balaban J connectivity index is 1.75. The first-order chi connectivity index (χ1) is 18.6. The molecule has 4 aromatic carbocycles. The molecule has 1 heterocycles. The minimum absolute atomic E-state index is 0.111. The van der Waals surface area contributed by atoms with Gasteiger partial charge in [-0.2, -0.15) is 0 Å². The Bertz CT molecular complexity index is 1680. The number of aromatic carboxylic acids is 4. The lowest BCUT2D eigenvalue weighted by Gasteiger charge is -2.08. The molecule has 0 unspecified atom stereocenters. The maximum Gasteiger partial charge on any atom is 0.335 e. The number of carboxylic acids is 4. The minimum Gasteiger partial charge on any atom is -0.478 e. The Morgan fingerprint density at radius 3 is 1.41 bits per heavy atom. The highest BCUT2D eigenvalue weighted by molar-refractivity contribution is 6.03. The van der Waals surface area contributed by atoms with Crippen LogP contribution >= 0.6 is 0 Å². The molecule has 0 amide bonds. The summed E-state index contributed by atoms with van der Waals surface area (Å²) in [6.07, 6.45) is 0. The van der Waals surface area contributed by atoms with Gasteiger partial charge >= 0.3 is 23.9 Å². The topological polar surface area (TPSA) is 178 Å². The lowest BCUT2D eigenvalue weighted by atomic mass is 9.97. The number of benzene rings is 4. The molecule has 1 aromatic heterocycles. The summed E-state index contributed by atoms with van der Waals surface area (Å²) in [7, 11) is 0. The largest absolute Gasteiger partial charge is 0.478 e. The zero-order chi connectivity index (χ0) is 27.8. The van der Waals surface area contributed by atoms with E-state index < -0.39 is 23.9 Å². The predicted molar refractivity (Wildman–Crippen MR) is 140 cm³/mol. The van der Waals surface area contributed by atoms with Gasteiger partial charge in [-0.25, -0.2) is 24.2 Å². The van der Waals surface area contributed by atoms with E-state index in [-0.39, 0.29) is 33.6 Å². The average molecular weight is 522 g/mol. The van der Waals surface area contributed by atoms with Crippen LogP contribution in [-0.2, 0) is 0 Å². The van der Waals surface area contributed by atoms with Crippen LogP contribution in [0, 0.1) is 0 Å². The quantitative estimate of drug-likeness (QED) is 0.188. The summed E-state index contributed by atoms with van der Waals surface area (Å²) >= 11 is 0. The highest BCUT2D eigenvalue weighted by Crippen LogP contribution is 2.36. The van der Waals surface area contributed by atoms with Crippen LogP contribution in [0.25, 0.3) is 44.7 Å². The van der Waals surface area contributed by atoms with Crippen LogP contribution in [0.1, 0.15) is 41.4 Å². The Hall–Kier alpha value is -5.77. The van der Waals surface area contributed by atoms with Gasteiger partial charge in [-0.05, 0) is 53.6 Å². The second-order valence-corrected chi connectivity index (χ2v) is 8.64. The first kappa shape index (κ1) is 24.9. The van der Waals surface area contributed by atoms with E-state index in [4.69, 9.17) is 4.98 Å². The number of aromatic amines is 1. The van der Waals surface area contributed by atoms with Gasteiger partial charge in [0, 0.05) is 16.7 Å². The number of fused-ring (bicyclic) bond motifs is 1. The van der Waals surface area contributed by atoms with Gasteiger partial charge in [-0.15, -0.1) is 0 Å². The molecule has 10 nitrogen and oxygen atoms in total. The van der Waals surface area contributed by atoms with Crippen LogP contribution in [-0.4, -0.2) is 54.3 Å². The number of aromatic nitrogens is 2. The van der Waals surface area contributed by atoms with Gasteiger partial charge in [0.2, 0.25) is 0 Å². The second kappa shape index (κ2) is 9.60. The Morgan fingerprint density at radius 1 is 0.513 bits per heavy atom. The molecule has 0 aliphatic rings. The third kappa shape index (κ3) is 4.69. The number of H-pyrrole nitrogens is 1. The molecule has 0 aliphatic heterocycles. The fourth-order valence-corrected chi connectivity index (χ4v) is 4.30. The first-order valence-electron chi connectivity index (χ1n) is 11.4. The van der Waals surface area contributed by atoms with Crippen molar-refractivity contribution in [3.8, 4) is 33.6 Å². The summed E-state index contributed by atoms with van der Waals surface area (Å²) in [4.78, 5) is 53.8. The molecule has 0 saturated heterocycles. The van der Waals surface area contributed by atoms with Crippen LogP contribution in [0.2, 0.25) is 0 Å². The van der Waals surface area contributed by atoms with Crippen molar-refractivity contribution < 1.29 is 39.6 Å². The standard InChI is InChI=1S/C29H18N2O8/c32-26(33)16-5-1-14(2-6-16)21-9-10-22(15-3-7-17(8-4-15)27(34)35)24-23(21)30-25(31-24)18-11-19(28(36)37)13-20(12-18)29(38)39/h1-13H,(H,30,31)(H,32,33)(H,34,35)(H,36,37)(H,38,39). The van der Waals surface area contributed by atoms with Crippen molar-refractivity contribution >= 4 is 34.9 Å². The highest BCUT2D eigenvalue weighted by atomic mass is 16.4. The SMILES string of the molecule is O=C(O)c1ccc(-c2ccc(-c3ccc(C(=O)O)cc3)c3[nH]c(-c4cc(C(=O)O)cc(C(=O)O)c4)nc23)cc1. The molecule has 5 rings (SSSR count). The van der Waals surface area contributed by atoms with Crippen molar-refractivity contribution in [3.05, 3.63) is 101 Å². The second-order valence-electron chi connectivity index (χ2n) is 8.64. The third-order valence-electron chi connectivity index (χ3n) is 6.23. The zero-order valence-corrected chi connectivity index (χ0v) is 19.9. The summed E-state index contributed by atoms with van der Waals surface area (Å²) in [5.74, 6) is -4.51. The molecule has 0 radical (unpaired) electrons. The van der Waals surface area contributed by atoms with E-state index >= 15 is 0 Å². The Kier molecular flexibility index (Phi) is 6.13. The molecule has 0 atom stereocenters. The van der Waals surface area contributed by atoms with E-state index in [1.54, 1.807) is 36.4 Å². The lowest BCUT2D eigenvalue weighted by Crippen LogP contribution is -2.03. The van der Waals surface area contributed by atoms with Crippen LogP contribution < -0.4 is 0 Å². The number of nitrogens with zero attached hydrogens (tertiary/aromatic N) is 1. The van der Waals surface area contributed by atoms with Crippen LogP contribution in [0.15, 0.2) is 78.9 Å². The summed E-state index contributed by atoms with van der Waals surface area (Å²) in [5.41, 5.74) is 3.67.